The molecule has 7 heteroatoms. The first-order chi connectivity index (χ1) is 9.90. The van der Waals surface area contributed by atoms with Crippen LogP contribution >= 0.6 is 15.9 Å². The molecule has 0 amide bonds. The summed E-state index contributed by atoms with van der Waals surface area (Å²) in [5, 5.41) is 3.32. The van der Waals surface area contributed by atoms with Gasteiger partial charge in [0.15, 0.2) is 4.67 Å². The van der Waals surface area contributed by atoms with Gasteiger partial charge < -0.3 is 9.73 Å². The molecule has 1 aromatic heterocycles. The van der Waals surface area contributed by atoms with E-state index in [1.165, 1.54) is 17.1 Å². The zero-order valence-corrected chi connectivity index (χ0v) is 15.1. The zero-order valence-electron chi connectivity index (χ0n) is 12.7. The topological polar surface area (TPSA) is 62.6 Å². The Morgan fingerprint density at radius 1 is 1.43 bits per heavy atom. The Morgan fingerprint density at radius 2 is 2.05 bits per heavy atom. The molecule has 2 rings (SSSR count). The molecule has 0 atom stereocenters. The van der Waals surface area contributed by atoms with Crippen LogP contribution in [-0.2, 0) is 16.6 Å². The number of hydrogen-bond acceptors (Lipinski definition) is 4. The average Bonchev–Trinajstić information content (AvgIpc) is 3.20. The van der Waals surface area contributed by atoms with Crippen LogP contribution in [0.15, 0.2) is 20.0 Å². The van der Waals surface area contributed by atoms with Crippen molar-refractivity contribution in [3.63, 3.8) is 0 Å². The molecule has 0 unspecified atom stereocenters. The van der Waals surface area contributed by atoms with Gasteiger partial charge in [0.05, 0.1) is 6.54 Å². The van der Waals surface area contributed by atoms with Crippen LogP contribution in [0.4, 0.5) is 0 Å². The lowest BCUT2D eigenvalue weighted by molar-refractivity contribution is 0.349. The second-order valence-electron chi connectivity index (χ2n) is 5.50. The maximum absolute atomic E-state index is 12.7. The summed E-state index contributed by atoms with van der Waals surface area (Å²) in [6.45, 7) is 4.55. The third-order valence-corrected chi connectivity index (χ3v) is 6.73. The maximum Gasteiger partial charge on any atom is 0.247 e. The molecular weight excluding hydrogens is 356 g/mol. The standard InChI is InChI=1S/C14H23BrN2O3S/c1-4-11(5-2)17(3)21(18,19)13-8-12(20-14(13)15)9-16-10-6-7-10/h8,10-11,16H,4-7,9H2,1-3H3. The summed E-state index contributed by atoms with van der Waals surface area (Å²) in [5.41, 5.74) is 0. The fourth-order valence-electron chi connectivity index (χ4n) is 2.35. The fourth-order valence-corrected chi connectivity index (χ4v) is 4.81. The predicted octanol–water partition coefficient (Wildman–Crippen LogP) is 3.10. The first-order valence-corrected chi connectivity index (χ1v) is 9.63. The molecule has 0 radical (unpaired) electrons. The molecule has 1 N–H and O–H groups in total. The normalized spacial score (nSPS) is 16.1. The highest BCUT2D eigenvalue weighted by Crippen LogP contribution is 2.30. The Bertz CT molecular complexity index is 577. The molecule has 1 aliphatic carbocycles. The van der Waals surface area contributed by atoms with Crippen LogP contribution in [0.3, 0.4) is 0 Å². The highest BCUT2D eigenvalue weighted by molar-refractivity contribution is 9.10. The third kappa shape index (κ3) is 3.88. The highest BCUT2D eigenvalue weighted by atomic mass is 79.9. The molecule has 0 bridgehead atoms. The average molecular weight is 379 g/mol. The van der Waals surface area contributed by atoms with Crippen molar-refractivity contribution in [3.05, 3.63) is 16.5 Å². The van der Waals surface area contributed by atoms with Crippen LogP contribution in [-0.4, -0.2) is 31.9 Å². The molecule has 1 saturated carbocycles. The molecule has 0 saturated heterocycles. The largest absolute Gasteiger partial charge is 0.452 e. The van der Waals surface area contributed by atoms with Crippen molar-refractivity contribution in [1.82, 2.24) is 9.62 Å². The van der Waals surface area contributed by atoms with Gasteiger partial charge in [0.1, 0.15) is 10.7 Å². The van der Waals surface area contributed by atoms with Gasteiger partial charge in [-0.2, -0.15) is 4.31 Å². The lowest BCUT2D eigenvalue weighted by Gasteiger charge is -2.24. The number of hydrogen-bond donors (Lipinski definition) is 1. The van der Waals surface area contributed by atoms with Crippen molar-refractivity contribution in [2.45, 2.75) is 63.1 Å². The molecule has 1 aromatic rings. The van der Waals surface area contributed by atoms with E-state index in [1.54, 1.807) is 13.1 Å². The Kier molecular flexibility index (Phi) is 5.51. The maximum atomic E-state index is 12.7. The minimum absolute atomic E-state index is 0.00448. The molecule has 1 heterocycles. The summed E-state index contributed by atoms with van der Waals surface area (Å²) in [5.74, 6) is 0.644. The van der Waals surface area contributed by atoms with E-state index in [0.717, 1.165) is 12.8 Å². The van der Waals surface area contributed by atoms with Crippen LogP contribution in [0.1, 0.15) is 45.3 Å². The Balaban J connectivity index is 2.18. The van der Waals surface area contributed by atoms with Crippen LogP contribution in [0, 0.1) is 0 Å². The fraction of sp³-hybridized carbons (Fsp3) is 0.714. The second-order valence-corrected chi connectivity index (χ2v) is 8.18. The van der Waals surface area contributed by atoms with Gasteiger partial charge in [-0.25, -0.2) is 8.42 Å². The van der Waals surface area contributed by atoms with Gasteiger partial charge in [0.25, 0.3) is 0 Å². The van der Waals surface area contributed by atoms with E-state index in [-0.39, 0.29) is 15.6 Å². The summed E-state index contributed by atoms with van der Waals surface area (Å²) in [6, 6.07) is 2.18. The number of sulfonamides is 1. The van der Waals surface area contributed by atoms with E-state index in [0.29, 0.717) is 18.3 Å². The van der Waals surface area contributed by atoms with E-state index in [4.69, 9.17) is 4.42 Å². The van der Waals surface area contributed by atoms with Gasteiger partial charge in [-0.3, -0.25) is 0 Å². The summed E-state index contributed by atoms with van der Waals surface area (Å²) in [7, 11) is -1.90. The van der Waals surface area contributed by atoms with Gasteiger partial charge in [0, 0.05) is 25.2 Å². The molecule has 21 heavy (non-hydrogen) atoms. The van der Waals surface area contributed by atoms with Crippen molar-refractivity contribution >= 4 is 26.0 Å². The van der Waals surface area contributed by atoms with Crippen molar-refractivity contribution in [3.8, 4) is 0 Å². The van der Waals surface area contributed by atoms with Gasteiger partial charge in [-0.15, -0.1) is 0 Å². The van der Waals surface area contributed by atoms with Crippen LogP contribution in [0.5, 0.6) is 0 Å². The second kappa shape index (κ2) is 6.81. The van der Waals surface area contributed by atoms with Gasteiger partial charge in [-0.1, -0.05) is 13.8 Å². The van der Waals surface area contributed by atoms with Crippen LogP contribution < -0.4 is 5.32 Å². The molecule has 5 nitrogen and oxygen atoms in total. The quantitative estimate of drug-likeness (QED) is 0.754. The SMILES string of the molecule is CCC(CC)N(C)S(=O)(=O)c1cc(CNC2CC2)oc1Br. The molecular formula is C14H23BrN2O3S. The minimum Gasteiger partial charge on any atom is -0.452 e. The first-order valence-electron chi connectivity index (χ1n) is 7.39. The van der Waals surface area contributed by atoms with Crippen molar-refractivity contribution in [1.29, 1.82) is 0 Å². The molecule has 0 aliphatic heterocycles. The van der Waals surface area contributed by atoms with E-state index < -0.39 is 10.0 Å². The number of halogens is 1. The van der Waals surface area contributed by atoms with Gasteiger partial charge in [-0.05, 0) is 41.6 Å². The van der Waals surface area contributed by atoms with E-state index in [9.17, 15) is 8.42 Å². The number of rotatable bonds is 8. The van der Waals surface area contributed by atoms with Gasteiger partial charge >= 0.3 is 0 Å². The number of nitrogens with one attached hydrogen (secondary N) is 1. The zero-order chi connectivity index (χ0) is 15.6. The van der Waals surface area contributed by atoms with E-state index in [2.05, 4.69) is 21.2 Å². The molecule has 0 aromatic carbocycles. The molecule has 0 spiro atoms. The van der Waals surface area contributed by atoms with E-state index in [1.807, 2.05) is 13.8 Å². The van der Waals surface area contributed by atoms with Gasteiger partial charge in [0.2, 0.25) is 10.0 Å². The Morgan fingerprint density at radius 3 is 2.57 bits per heavy atom. The number of furan rings is 1. The highest BCUT2D eigenvalue weighted by Gasteiger charge is 2.30. The summed E-state index contributed by atoms with van der Waals surface area (Å²) in [6.07, 6.45) is 3.95. The summed E-state index contributed by atoms with van der Waals surface area (Å²) in [4.78, 5) is 0.212. The Labute approximate surface area is 135 Å². The van der Waals surface area contributed by atoms with E-state index >= 15 is 0 Å². The monoisotopic (exact) mass is 378 g/mol. The lowest BCUT2D eigenvalue weighted by Crippen LogP contribution is -2.36. The Hall–Kier alpha value is -0.370. The molecule has 1 aliphatic rings. The smallest absolute Gasteiger partial charge is 0.247 e. The lowest BCUT2D eigenvalue weighted by atomic mass is 10.2. The van der Waals surface area contributed by atoms with Crippen LogP contribution in [0.2, 0.25) is 0 Å². The van der Waals surface area contributed by atoms with Crippen molar-refractivity contribution in [2.24, 2.45) is 0 Å². The number of nitrogens with zero attached hydrogens (tertiary/aromatic N) is 1. The summed E-state index contributed by atoms with van der Waals surface area (Å²) < 4.78 is 32.6. The molecule has 1 fully saturated rings. The minimum atomic E-state index is -3.53. The first kappa shape index (κ1) is 17.0. The summed E-state index contributed by atoms with van der Waals surface area (Å²) >= 11 is 3.24. The predicted molar refractivity (Wildman–Crippen MR) is 85.6 cm³/mol. The van der Waals surface area contributed by atoms with Crippen molar-refractivity contribution in [2.75, 3.05) is 7.05 Å². The molecule has 120 valence electrons. The van der Waals surface area contributed by atoms with Crippen molar-refractivity contribution < 1.29 is 12.8 Å². The van der Waals surface area contributed by atoms with Crippen LogP contribution in [0.25, 0.3) is 0 Å². The third-order valence-electron chi connectivity index (χ3n) is 3.96.